The average molecular weight is 292 g/mol. The molecule has 0 aliphatic carbocycles. The summed E-state index contributed by atoms with van der Waals surface area (Å²) in [5, 5.41) is 0. The van der Waals surface area contributed by atoms with Crippen molar-refractivity contribution in [2.75, 3.05) is 0 Å². The molecule has 0 aliphatic heterocycles. The van der Waals surface area contributed by atoms with E-state index in [4.69, 9.17) is 2.74 Å². The zero-order valence-electron chi connectivity index (χ0n) is 15.0. The van der Waals surface area contributed by atoms with Crippen LogP contribution in [0.3, 0.4) is 0 Å². The van der Waals surface area contributed by atoms with E-state index in [1.807, 2.05) is 31.4 Å². The number of benzene rings is 1. The Hall–Kier alpha value is -2.55. The number of hydrogen-bond donors (Lipinski definition) is 0. The third-order valence-corrected chi connectivity index (χ3v) is 3.76. The molecule has 0 atom stereocenters. The number of hydrogen-bond acceptors (Lipinski definition) is 2. The number of nitrogens with zero attached hydrogens (tertiary/aromatic N) is 3. The van der Waals surface area contributed by atoms with Crippen LogP contribution >= 0.6 is 0 Å². The molecule has 22 heavy (non-hydrogen) atoms. The summed E-state index contributed by atoms with van der Waals surface area (Å²) in [5.41, 5.74) is 5.45. The molecule has 2 aromatic heterocycles. The van der Waals surface area contributed by atoms with Gasteiger partial charge in [-0.3, -0.25) is 0 Å². The van der Waals surface area contributed by atoms with Crippen LogP contribution in [-0.4, -0.2) is 9.97 Å². The zero-order chi connectivity index (χ0) is 17.3. The highest BCUT2D eigenvalue weighted by Gasteiger charge is 2.13. The highest BCUT2D eigenvalue weighted by atomic mass is 14.9. The largest absolute Gasteiger partial charge is 0.241 e. The molecule has 1 aromatic carbocycles. The Kier molecular flexibility index (Phi) is 3.32. The van der Waals surface area contributed by atoms with Gasteiger partial charge in [0.15, 0.2) is 6.20 Å². The van der Waals surface area contributed by atoms with Crippen molar-refractivity contribution < 1.29 is 7.31 Å². The number of aryl methyl sites for hydroxylation is 3. The molecule has 0 radical (unpaired) electrons. The van der Waals surface area contributed by atoms with Gasteiger partial charge in [0.25, 0.3) is 0 Å². The third-order valence-electron chi connectivity index (χ3n) is 3.76. The normalized spacial score (nSPS) is 12.7. The van der Waals surface area contributed by atoms with Crippen LogP contribution in [0.4, 0.5) is 0 Å². The van der Waals surface area contributed by atoms with Crippen LogP contribution in [0.2, 0.25) is 0 Å². The Morgan fingerprint density at radius 1 is 1.05 bits per heavy atom. The van der Waals surface area contributed by atoms with Gasteiger partial charge in [0, 0.05) is 44.3 Å². The van der Waals surface area contributed by atoms with Gasteiger partial charge in [0.05, 0.1) is 0 Å². The number of aromatic nitrogens is 3. The molecule has 0 bridgehead atoms. The molecule has 0 saturated heterocycles. The predicted octanol–water partition coefficient (Wildman–Crippen LogP) is 3.51. The van der Waals surface area contributed by atoms with E-state index < -0.39 is 6.37 Å². The van der Waals surface area contributed by atoms with Gasteiger partial charge in [0.1, 0.15) is 12.9 Å². The van der Waals surface area contributed by atoms with E-state index >= 15 is 0 Å². The number of pyridine rings is 1. The van der Waals surface area contributed by atoms with Crippen molar-refractivity contribution >= 4 is 0 Å². The third kappa shape index (κ3) is 2.75. The maximum Gasteiger partial charge on any atom is 0.212 e. The highest BCUT2D eigenvalue weighted by Crippen LogP contribution is 2.22. The quantitative estimate of drug-likeness (QED) is 0.691. The van der Waals surface area contributed by atoms with E-state index in [-0.39, 0.29) is 5.82 Å². The molecule has 0 N–H and O–H groups in total. The maximum atomic E-state index is 7.66. The Morgan fingerprint density at radius 3 is 2.41 bits per heavy atom. The maximum absolute atomic E-state index is 7.66. The van der Waals surface area contributed by atoms with Crippen molar-refractivity contribution in [3.8, 4) is 22.4 Å². The number of rotatable bonds is 3. The summed E-state index contributed by atoms with van der Waals surface area (Å²) >= 11 is 0. The lowest BCUT2D eigenvalue weighted by molar-refractivity contribution is -0.659. The average Bonchev–Trinajstić information content (AvgIpc) is 2.55. The fourth-order valence-electron chi connectivity index (χ4n) is 2.52. The van der Waals surface area contributed by atoms with E-state index in [0.717, 1.165) is 16.8 Å². The summed E-state index contributed by atoms with van der Waals surface area (Å²) in [6, 6.07) is 12.4. The lowest BCUT2D eigenvalue weighted by Gasteiger charge is -2.06. The van der Waals surface area contributed by atoms with Crippen molar-refractivity contribution in [1.82, 2.24) is 9.97 Å². The molecule has 3 heteroatoms. The van der Waals surface area contributed by atoms with E-state index in [2.05, 4.69) is 39.7 Å². The van der Waals surface area contributed by atoms with Gasteiger partial charge in [-0.1, -0.05) is 25.1 Å². The second-order valence-corrected chi connectivity index (χ2v) is 5.27. The van der Waals surface area contributed by atoms with Crippen molar-refractivity contribution in [2.24, 2.45) is 7.05 Å². The molecule has 0 unspecified atom stereocenters. The summed E-state index contributed by atoms with van der Waals surface area (Å²) in [6.45, 7) is 3.56. The van der Waals surface area contributed by atoms with Gasteiger partial charge >= 0.3 is 0 Å². The van der Waals surface area contributed by atoms with Crippen LogP contribution in [0, 0.1) is 6.92 Å². The minimum absolute atomic E-state index is 0.201. The van der Waals surface area contributed by atoms with E-state index in [1.165, 1.54) is 18.1 Å². The standard InChI is InChI=1S/C19H20N3/c1-4-19-20-11-16(12-21-19)15-9-10-18(22(3)13-15)17-8-6-5-7-14(17)2/h5-13H,4H2,1-3H3/q+1/i4D2. The summed E-state index contributed by atoms with van der Waals surface area (Å²) in [4.78, 5) is 8.31. The van der Waals surface area contributed by atoms with Gasteiger partial charge in [0.2, 0.25) is 5.69 Å². The highest BCUT2D eigenvalue weighted by molar-refractivity contribution is 5.65. The molecule has 3 aromatic rings. The summed E-state index contributed by atoms with van der Waals surface area (Å²) in [7, 11) is 2.02. The van der Waals surface area contributed by atoms with Crippen molar-refractivity contribution in [1.29, 1.82) is 0 Å². The molecule has 0 fully saturated rings. The predicted molar refractivity (Wildman–Crippen MR) is 88.2 cm³/mol. The molecule has 0 aliphatic rings. The Bertz CT molecular complexity index is 869. The molecule has 3 nitrogen and oxygen atoms in total. The van der Waals surface area contributed by atoms with E-state index in [0.29, 0.717) is 0 Å². The van der Waals surface area contributed by atoms with Gasteiger partial charge in [-0.05, 0) is 24.6 Å². The molecular weight excluding hydrogens is 270 g/mol. The van der Waals surface area contributed by atoms with E-state index in [9.17, 15) is 0 Å². The minimum Gasteiger partial charge on any atom is -0.241 e. The molecule has 0 amide bonds. The van der Waals surface area contributed by atoms with Crippen LogP contribution in [0.1, 0.15) is 21.1 Å². The van der Waals surface area contributed by atoms with Gasteiger partial charge < -0.3 is 0 Å². The first-order valence-electron chi connectivity index (χ1n) is 8.25. The Balaban J connectivity index is 1.97. The monoisotopic (exact) mass is 292 g/mol. The van der Waals surface area contributed by atoms with Gasteiger partial charge in [-0.15, -0.1) is 0 Å². The topological polar surface area (TPSA) is 29.7 Å². The second kappa shape index (κ2) is 6.06. The Morgan fingerprint density at radius 2 is 1.77 bits per heavy atom. The molecule has 3 rings (SSSR count). The van der Waals surface area contributed by atoms with E-state index in [1.54, 1.807) is 12.4 Å². The van der Waals surface area contributed by atoms with Crippen LogP contribution in [0.15, 0.2) is 55.0 Å². The minimum atomic E-state index is -1.53. The first-order chi connectivity index (χ1) is 11.4. The van der Waals surface area contributed by atoms with Crippen LogP contribution in [-0.2, 0) is 13.4 Å². The SMILES string of the molecule is [2H]C([2H])(C)c1ncc(-c2ccc(-c3ccccc3C)[n+](C)c2)cn1. The summed E-state index contributed by atoms with van der Waals surface area (Å²) in [5.74, 6) is 0.201. The lowest BCUT2D eigenvalue weighted by Crippen LogP contribution is -2.30. The summed E-state index contributed by atoms with van der Waals surface area (Å²) in [6.07, 6.45) is 3.86. The molecule has 2 heterocycles. The lowest BCUT2D eigenvalue weighted by atomic mass is 10.0. The van der Waals surface area contributed by atoms with Gasteiger partial charge in [-0.25, -0.2) is 14.5 Å². The van der Waals surface area contributed by atoms with Gasteiger partial charge in [-0.2, -0.15) is 0 Å². The first kappa shape index (κ1) is 12.0. The van der Waals surface area contributed by atoms with Crippen LogP contribution < -0.4 is 4.57 Å². The first-order valence-corrected chi connectivity index (χ1v) is 7.25. The smallest absolute Gasteiger partial charge is 0.212 e. The molecule has 0 saturated carbocycles. The fraction of sp³-hybridized carbons (Fsp3) is 0.211. The fourth-order valence-corrected chi connectivity index (χ4v) is 2.52. The second-order valence-electron chi connectivity index (χ2n) is 5.27. The Labute approximate surface area is 134 Å². The molecule has 0 spiro atoms. The van der Waals surface area contributed by atoms with Crippen molar-refractivity contribution in [3.05, 3.63) is 66.4 Å². The van der Waals surface area contributed by atoms with Crippen molar-refractivity contribution in [2.45, 2.75) is 20.2 Å². The molecule has 110 valence electrons. The van der Waals surface area contributed by atoms with Crippen molar-refractivity contribution in [3.63, 3.8) is 0 Å². The van der Waals surface area contributed by atoms with Crippen LogP contribution in [0.25, 0.3) is 22.4 Å². The van der Waals surface area contributed by atoms with Crippen LogP contribution in [0.5, 0.6) is 0 Å². The zero-order valence-corrected chi connectivity index (χ0v) is 13.0. The molecular formula is C19H20N3+. The summed E-state index contributed by atoms with van der Waals surface area (Å²) < 4.78 is 17.4.